The number of aromatic nitrogens is 1. The average Bonchev–Trinajstić information content (AvgIpc) is 2.69. The number of nitrogens with one attached hydrogen (secondary N) is 3. The van der Waals surface area contributed by atoms with E-state index in [1.54, 1.807) is 12.1 Å². The number of hydrogen-bond donors (Lipinski definition) is 4. The Kier molecular flexibility index (Phi) is 3.77. The Morgan fingerprint density at radius 2 is 1.89 bits per heavy atom. The normalized spacial score (nSPS) is 26.1. The van der Waals surface area contributed by atoms with E-state index in [-0.39, 0.29) is 35.4 Å². The highest BCUT2D eigenvalue weighted by Gasteiger charge is 2.35. The second kappa shape index (κ2) is 5.33. The van der Waals surface area contributed by atoms with Gasteiger partial charge in [-0.1, -0.05) is 6.07 Å². The van der Waals surface area contributed by atoms with Crippen LogP contribution in [-0.4, -0.2) is 34.1 Å². The third-order valence-electron chi connectivity index (χ3n) is 3.14. The maximum atomic E-state index is 12.1. The molecule has 2 unspecified atom stereocenters. The molecule has 1 aromatic rings. The molecule has 0 aliphatic carbocycles. The molecule has 7 nitrogen and oxygen atoms in total. The van der Waals surface area contributed by atoms with Crippen molar-refractivity contribution >= 4 is 17.7 Å². The molecule has 0 bridgehead atoms. The summed E-state index contributed by atoms with van der Waals surface area (Å²) in [5.41, 5.74) is 5.88. The third-order valence-corrected chi connectivity index (χ3v) is 3.14. The van der Waals surface area contributed by atoms with Crippen molar-refractivity contribution in [1.29, 1.82) is 0 Å². The van der Waals surface area contributed by atoms with E-state index >= 15 is 0 Å². The zero-order chi connectivity index (χ0) is 14.0. The Labute approximate surface area is 110 Å². The first kappa shape index (κ1) is 13.4. The number of carboxylic acid groups (broad SMARTS) is 1. The van der Waals surface area contributed by atoms with E-state index < -0.39 is 5.97 Å². The van der Waals surface area contributed by atoms with Crippen LogP contribution in [-0.2, 0) is 4.79 Å². The summed E-state index contributed by atoms with van der Waals surface area (Å²) in [6, 6.07) is 4.48. The lowest BCUT2D eigenvalue weighted by Gasteiger charge is -2.17. The molecular weight excluding hydrogens is 248 g/mol. The van der Waals surface area contributed by atoms with E-state index in [1.807, 2.05) is 13.8 Å². The summed E-state index contributed by atoms with van der Waals surface area (Å²) >= 11 is 0. The van der Waals surface area contributed by atoms with E-state index in [1.165, 1.54) is 6.07 Å². The molecule has 2 rings (SSSR count). The molecule has 1 amide bonds. The second-order valence-corrected chi connectivity index (χ2v) is 4.59. The molecule has 7 heteroatoms. The average molecular weight is 264 g/mol. The molecule has 1 aliphatic heterocycles. The van der Waals surface area contributed by atoms with E-state index in [2.05, 4.69) is 21.2 Å². The number of pyridine rings is 1. The number of carboxylic acids is 1. The van der Waals surface area contributed by atoms with Gasteiger partial charge >= 0.3 is 5.97 Å². The van der Waals surface area contributed by atoms with Gasteiger partial charge in [-0.05, 0) is 26.0 Å². The molecular formula is C12H16N4O3. The maximum absolute atomic E-state index is 12.1. The fourth-order valence-electron chi connectivity index (χ4n) is 2.16. The zero-order valence-corrected chi connectivity index (χ0v) is 10.7. The van der Waals surface area contributed by atoms with Gasteiger partial charge in [0.1, 0.15) is 5.82 Å². The fraction of sp³-hybridized carbons (Fsp3) is 0.417. The number of amides is 1. The van der Waals surface area contributed by atoms with Crippen molar-refractivity contribution in [2.45, 2.75) is 25.9 Å². The highest BCUT2D eigenvalue weighted by Crippen LogP contribution is 2.17. The quantitative estimate of drug-likeness (QED) is 0.622. The monoisotopic (exact) mass is 264 g/mol. The lowest BCUT2D eigenvalue weighted by Crippen LogP contribution is -2.35. The first-order chi connectivity index (χ1) is 8.99. The minimum Gasteiger partial charge on any atom is -0.477 e. The maximum Gasteiger partial charge on any atom is 0.354 e. The number of hydrazine groups is 1. The summed E-state index contributed by atoms with van der Waals surface area (Å²) in [5.74, 6) is -1.30. The van der Waals surface area contributed by atoms with Crippen LogP contribution >= 0.6 is 0 Å². The smallest absolute Gasteiger partial charge is 0.354 e. The summed E-state index contributed by atoms with van der Waals surface area (Å²) in [6.45, 7) is 3.81. The van der Waals surface area contributed by atoms with Gasteiger partial charge in [0.05, 0.1) is 5.92 Å². The topological polar surface area (TPSA) is 103 Å². The van der Waals surface area contributed by atoms with Gasteiger partial charge in [0.15, 0.2) is 5.69 Å². The van der Waals surface area contributed by atoms with Crippen molar-refractivity contribution in [3.05, 3.63) is 23.9 Å². The van der Waals surface area contributed by atoms with Crippen LogP contribution in [0, 0.1) is 5.92 Å². The number of hydrogen-bond acceptors (Lipinski definition) is 5. The van der Waals surface area contributed by atoms with Crippen LogP contribution in [0.3, 0.4) is 0 Å². The van der Waals surface area contributed by atoms with Crippen LogP contribution in [0.15, 0.2) is 18.2 Å². The van der Waals surface area contributed by atoms with Crippen LogP contribution in [0.1, 0.15) is 24.3 Å². The van der Waals surface area contributed by atoms with Gasteiger partial charge in [-0.25, -0.2) is 9.78 Å². The number of aromatic carboxylic acids is 1. The Bertz CT molecular complexity index is 496. The van der Waals surface area contributed by atoms with Crippen LogP contribution in [0.2, 0.25) is 0 Å². The highest BCUT2D eigenvalue weighted by molar-refractivity contribution is 5.93. The van der Waals surface area contributed by atoms with Gasteiger partial charge < -0.3 is 10.4 Å². The molecule has 1 aliphatic rings. The number of nitrogens with zero attached hydrogens (tertiary/aromatic N) is 1. The lowest BCUT2D eigenvalue weighted by molar-refractivity contribution is -0.120. The van der Waals surface area contributed by atoms with Crippen molar-refractivity contribution in [3.8, 4) is 0 Å². The summed E-state index contributed by atoms with van der Waals surface area (Å²) in [7, 11) is 0. The minimum atomic E-state index is -1.12. The van der Waals surface area contributed by atoms with Crippen LogP contribution in [0.5, 0.6) is 0 Å². The van der Waals surface area contributed by atoms with Crippen molar-refractivity contribution in [1.82, 2.24) is 15.8 Å². The first-order valence-electron chi connectivity index (χ1n) is 6.01. The van der Waals surface area contributed by atoms with Crippen molar-refractivity contribution in [3.63, 3.8) is 0 Å². The van der Waals surface area contributed by atoms with Crippen LogP contribution in [0.4, 0.5) is 5.82 Å². The summed E-state index contributed by atoms with van der Waals surface area (Å²) in [5, 5.41) is 11.5. The van der Waals surface area contributed by atoms with Gasteiger partial charge in [0.2, 0.25) is 5.91 Å². The molecule has 0 saturated carbocycles. The SMILES string of the molecule is CC1NNC(C)C1C(=O)Nc1cccc(C(=O)O)n1. The molecule has 0 radical (unpaired) electrons. The molecule has 2 atom stereocenters. The summed E-state index contributed by atoms with van der Waals surface area (Å²) < 4.78 is 0. The summed E-state index contributed by atoms with van der Waals surface area (Å²) in [6.07, 6.45) is 0. The number of carbonyl (C=O) groups excluding carboxylic acids is 1. The van der Waals surface area contributed by atoms with Crippen LogP contribution in [0.25, 0.3) is 0 Å². The fourth-order valence-corrected chi connectivity index (χ4v) is 2.16. The van der Waals surface area contributed by atoms with E-state index in [9.17, 15) is 9.59 Å². The number of anilines is 1. The van der Waals surface area contributed by atoms with Crippen molar-refractivity contribution in [2.24, 2.45) is 5.92 Å². The van der Waals surface area contributed by atoms with Gasteiger partial charge in [-0.3, -0.25) is 15.6 Å². The first-order valence-corrected chi connectivity index (χ1v) is 6.01. The molecule has 0 spiro atoms. The number of rotatable bonds is 3. The molecule has 1 saturated heterocycles. The van der Waals surface area contributed by atoms with Gasteiger partial charge in [0, 0.05) is 12.1 Å². The van der Waals surface area contributed by atoms with Gasteiger partial charge in [-0.2, -0.15) is 0 Å². The van der Waals surface area contributed by atoms with Crippen molar-refractivity contribution in [2.75, 3.05) is 5.32 Å². The Morgan fingerprint density at radius 3 is 2.47 bits per heavy atom. The van der Waals surface area contributed by atoms with E-state index in [4.69, 9.17) is 5.11 Å². The van der Waals surface area contributed by atoms with Gasteiger partial charge in [0.25, 0.3) is 0 Å². The van der Waals surface area contributed by atoms with Gasteiger partial charge in [-0.15, -0.1) is 0 Å². The predicted molar refractivity (Wildman–Crippen MR) is 68.5 cm³/mol. The Hall–Kier alpha value is -1.99. The zero-order valence-electron chi connectivity index (χ0n) is 10.7. The van der Waals surface area contributed by atoms with Crippen molar-refractivity contribution < 1.29 is 14.7 Å². The molecule has 1 fully saturated rings. The largest absolute Gasteiger partial charge is 0.477 e. The highest BCUT2D eigenvalue weighted by atomic mass is 16.4. The Morgan fingerprint density at radius 1 is 1.26 bits per heavy atom. The lowest BCUT2D eigenvalue weighted by atomic mass is 9.96. The molecule has 19 heavy (non-hydrogen) atoms. The second-order valence-electron chi connectivity index (χ2n) is 4.59. The molecule has 1 aromatic heterocycles. The molecule has 0 aromatic carbocycles. The van der Waals surface area contributed by atoms with Crippen LogP contribution < -0.4 is 16.2 Å². The third kappa shape index (κ3) is 2.88. The molecule has 102 valence electrons. The van der Waals surface area contributed by atoms with E-state index in [0.717, 1.165) is 0 Å². The molecule has 2 heterocycles. The standard InChI is InChI=1S/C12H16N4O3/c1-6-10(7(2)16-15-6)11(17)14-9-5-3-4-8(13-9)12(18)19/h3-7,10,15-16H,1-2H3,(H,18,19)(H,13,14,17). The Balaban J connectivity index is 2.10. The van der Waals surface area contributed by atoms with E-state index in [0.29, 0.717) is 0 Å². The number of carbonyl (C=O) groups is 2. The predicted octanol–water partition coefficient (Wildman–Crippen LogP) is 0.219. The summed E-state index contributed by atoms with van der Waals surface area (Å²) in [4.78, 5) is 26.8. The molecule has 4 N–H and O–H groups in total. The minimum absolute atomic E-state index is 0.00217.